The van der Waals surface area contributed by atoms with E-state index in [-0.39, 0.29) is 12.2 Å². The largest absolute Gasteiger partial charge is 0.493 e. The minimum atomic E-state index is -1.15. The van der Waals surface area contributed by atoms with Crippen LogP contribution in [0.5, 0.6) is 23.0 Å². The van der Waals surface area contributed by atoms with E-state index in [1.165, 1.54) is 17.0 Å². The molecule has 0 radical (unpaired) electrons. The van der Waals surface area contributed by atoms with Crippen LogP contribution in [0.3, 0.4) is 0 Å². The highest BCUT2D eigenvalue weighted by Crippen LogP contribution is 2.38. The Labute approximate surface area is 241 Å². The fraction of sp³-hybridized carbons (Fsp3) is 0.226. The Hall–Kier alpha value is -5.19. The van der Waals surface area contributed by atoms with Gasteiger partial charge in [0.1, 0.15) is 23.2 Å². The molecule has 0 saturated carbocycles. The van der Waals surface area contributed by atoms with E-state index in [0.29, 0.717) is 40.7 Å². The number of methoxy groups -OCH3 is 2. The van der Waals surface area contributed by atoms with Gasteiger partial charge in [-0.25, -0.2) is 14.1 Å². The Bertz CT molecular complexity index is 1680. The van der Waals surface area contributed by atoms with E-state index in [2.05, 4.69) is 10.3 Å². The van der Waals surface area contributed by atoms with E-state index in [1.807, 2.05) is 6.92 Å². The number of anilines is 2. The van der Waals surface area contributed by atoms with Gasteiger partial charge in [-0.15, -0.1) is 0 Å². The van der Waals surface area contributed by atoms with Gasteiger partial charge in [-0.05, 0) is 74.0 Å². The molecule has 3 aromatic carbocycles. The quantitative estimate of drug-likeness (QED) is 0.276. The second-order valence-corrected chi connectivity index (χ2v) is 9.63. The number of urea groups is 1. The van der Waals surface area contributed by atoms with Crippen molar-refractivity contribution in [3.05, 3.63) is 78.2 Å². The van der Waals surface area contributed by atoms with E-state index in [4.69, 9.17) is 14.2 Å². The van der Waals surface area contributed by atoms with E-state index in [0.717, 1.165) is 28.0 Å². The first-order chi connectivity index (χ1) is 20.2. The lowest BCUT2D eigenvalue weighted by molar-refractivity contribution is -0.132. The third-order valence-corrected chi connectivity index (χ3v) is 7.04. The molecule has 0 spiro atoms. The molecule has 1 fully saturated rings. The Kier molecular flexibility index (Phi) is 7.92. The summed E-state index contributed by atoms with van der Waals surface area (Å²) in [4.78, 5) is 46.3. The Morgan fingerprint density at radius 3 is 2.36 bits per heavy atom. The lowest BCUT2D eigenvalue weighted by Crippen LogP contribution is -2.59. The summed E-state index contributed by atoms with van der Waals surface area (Å²) < 4.78 is 30.5. The van der Waals surface area contributed by atoms with Crippen LogP contribution in [0.1, 0.15) is 12.5 Å². The van der Waals surface area contributed by atoms with Crippen molar-refractivity contribution in [1.82, 2.24) is 9.88 Å². The van der Waals surface area contributed by atoms with E-state index in [1.54, 1.807) is 63.7 Å². The summed E-state index contributed by atoms with van der Waals surface area (Å²) >= 11 is 0. The zero-order valence-electron chi connectivity index (χ0n) is 23.5. The number of hydrogen-bond acceptors (Lipinski definition) is 7. The molecular weight excluding hydrogens is 543 g/mol. The van der Waals surface area contributed by atoms with Crippen LogP contribution in [-0.4, -0.2) is 55.0 Å². The number of nitrogens with one attached hydrogen (secondary N) is 1. The van der Waals surface area contributed by atoms with Crippen LogP contribution < -0.4 is 24.4 Å². The van der Waals surface area contributed by atoms with Gasteiger partial charge in [0, 0.05) is 36.4 Å². The number of amides is 4. The zero-order valence-corrected chi connectivity index (χ0v) is 23.5. The maximum Gasteiger partial charge on any atom is 0.331 e. The minimum Gasteiger partial charge on any atom is -0.493 e. The molecule has 1 aliphatic rings. The highest BCUT2D eigenvalue weighted by Gasteiger charge is 2.43. The smallest absolute Gasteiger partial charge is 0.331 e. The molecule has 4 amide bonds. The molecule has 0 bridgehead atoms. The summed E-state index contributed by atoms with van der Waals surface area (Å²) in [6.07, 6.45) is 1.63. The lowest BCUT2D eigenvalue weighted by Gasteiger charge is -2.37. The van der Waals surface area contributed by atoms with Gasteiger partial charge >= 0.3 is 6.03 Å². The molecule has 216 valence electrons. The van der Waals surface area contributed by atoms with E-state index in [9.17, 15) is 18.8 Å². The molecule has 10 nitrogen and oxygen atoms in total. The average Bonchev–Trinajstić information content (AvgIpc) is 2.99. The van der Waals surface area contributed by atoms with Crippen LogP contribution in [0.2, 0.25) is 0 Å². The number of aryl methyl sites for hydroxylation is 1. The lowest BCUT2D eigenvalue weighted by atomic mass is 10.0. The molecule has 4 aromatic rings. The van der Waals surface area contributed by atoms with Crippen molar-refractivity contribution < 1.29 is 33.0 Å². The number of pyridine rings is 1. The fourth-order valence-electron chi connectivity index (χ4n) is 4.78. The molecule has 1 atom stereocenters. The molecular formula is C31H29FN4O6. The number of nitrogens with zero attached hydrogens (tertiary/aromatic N) is 3. The third-order valence-electron chi connectivity index (χ3n) is 7.04. The monoisotopic (exact) mass is 572 g/mol. The first-order valence-electron chi connectivity index (χ1n) is 13.2. The average molecular weight is 573 g/mol. The van der Waals surface area contributed by atoms with Gasteiger partial charge in [0.05, 0.1) is 25.4 Å². The number of carbonyl (C=O) groups is 3. The highest BCUT2D eigenvalue weighted by molar-refractivity contribution is 6.23. The Balaban J connectivity index is 1.36. The molecule has 1 aromatic heterocycles. The molecule has 1 unspecified atom stereocenters. The highest BCUT2D eigenvalue weighted by atomic mass is 19.1. The van der Waals surface area contributed by atoms with E-state index < -0.39 is 29.6 Å². The number of benzene rings is 3. The first-order valence-corrected chi connectivity index (χ1v) is 13.2. The van der Waals surface area contributed by atoms with Gasteiger partial charge in [-0.1, -0.05) is 0 Å². The summed E-state index contributed by atoms with van der Waals surface area (Å²) in [6.45, 7) is 3.81. The van der Waals surface area contributed by atoms with Crippen molar-refractivity contribution in [2.75, 3.05) is 37.5 Å². The number of hydrogen-bond donors (Lipinski definition) is 1. The van der Waals surface area contributed by atoms with Gasteiger partial charge in [0.2, 0.25) is 11.8 Å². The molecule has 1 saturated heterocycles. The molecule has 1 aliphatic heterocycles. The van der Waals surface area contributed by atoms with Gasteiger partial charge in [0.25, 0.3) is 0 Å². The predicted molar refractivity (Wildman–Crippen MR) is 155 cm³/mol. The molecule has 0 aliphatic carbocycles. The normalized spacial score (nSPS) is 15.1. The number of halogens is 1. The van der Waals surface area contributed by atoms with Crippen molar-refractivity contribution in [2.24, 2.45) is 5.92 Å². The van der Waals surface area contributed by atoms with Crippen molar-refractivity contribution in [3.8, 4) is 23.0 Å². The number of carbonyl (C=O) groups excluding carboxylic acids is 3. The summed E-state index contributed by atoms with van der Waals surface area (Å²) in [7, 11) is 3.11. The number of aromatic nitrogens is 1. The van der Waals surface area contributed by atoms with Gasteiger partial charge in [0.15, 0.2) is 11.5 Å². The molecule has 11 heteroatoms. The summed E-state index contributed by atoms with van der Waals surface area (Å²) in [5.74, 6) is -0.704. The van der Waals surface area contributed by atoms with Crippen molar-refractivity contribution in [3.63, 3.8) is 0 Å². The fourth-order valence-corrected chi connectivity index (χ4v) is 4.78. The van der Waals surface area contributed by atoms with Crippen molar-refractivity contribution in [1.29, 1.82) is 0 Å². The number of imide groups is 1. The second-order valence-electron chi connectivity index (χ2n) is 9.63. The Morgan fingerprint density at radius 1 is 0.976 bits per heavy atom. The van der Waals surface area contributed by atoms with Crippen LogP contribution in [0.4, 0.5) is 20.6 Å². The standard InChI is InChI=1S/C31H29FN4O6/c1-5-35-17-23(30(38)36(31(35)39)21-9-6-19(32)7-10-21)29(37)34-20-8-11-25(18(2)14-20)42-26-12-13-33-24-16-28(41-4)27(40-3)15-22(24)26/h6-16,23H,5,17H2,1-4H3,(H,34,37). The molecule has 1 N–H and O–H groups in total. The van der Waals surface area contributed by atoms with Crippen LogP contribution in [-0.2, 0) is 9.59 Å². The van der Waals surface area contributed by atoms with Crippen LogP contribution in [0, 0.1) is 18.7 Å². The van der Waals surface area contributed by atoms with Crippen molar-refractivity contribution >= 4 is 40.1 Å². The minimum absolute atomic E-state index is 0.0682. The predicted octanol–water partition coefficient (Wildman–Crippen LogP) is 5.54. The summed E-state index contributed by atoms with van der Waals surface area (Å²) in [5.41, 5.74) is 2.04. The summed E-state index contributed by atoms with van der Waals surface area (Å²) in [5, 5.41) is 3.52. The van der Waals surface area contributed by atoms with Crippen LogP contribution >= 0.6 is 0 Å². The summed E-state index contributed by atoms with van der Waals surface area (Å²) in [6, 6.07) is 14.8. The number of ether oxygens (including phenoxy) is 3. The maximum absolute atomic E-state index is 13.5. The van der Waals surface area contributed by atoms with E-state index >= 15 is 0 Å². The van der Waals surface area contributed by atoms with Crippen molar-refractivity contribution in [2.45, 2.75) is 13.8 Å². The third kappa shape index (κ3) is 5.40. The zero-order chi connectivity index (χ0) is 30.0. The Morgan fingerprint density at radius 2 is 1.69 bits per heavy atom. The molecule has 2 heterocycles. The van der Waals surface area contributed by atoms with Gasteiger partial charge in [-0.3, -0.25) is 14.6 Å². The number of fused-ring (bicyclic) bond motifs is 1. The second kappa shape index (κ2) is 11.7. The van der Waals surface area contributed by atoms with Crippen LogP contribution in [0.25, 0.3) is 10.9 Å². The maximum atomic E-state index is 13.5. The number of rotatable bonds is 8. The van der Waals surface area contributed by atoms with Gasteiger partial charge < -0.3 is 24.4 Å². The first kappa shape index (κ1) is 28.3. The topological polar surface area (TPSA) is 110 Å². The van der Waals surface area contributed by atoms with Gasteiger partial charge in [-0.2, -0.15) is 0 Å². The molecule has 5 rings (SSSR count). The SMILES string of the molecule is CCN1CC(C(=O)Nc2ccc(Oc3ccnc4cc(OC)c(OC)cc34)c(C)c2)C(=O)N(c2ccc(F)cc2)C1=O. The molecule has 42 heavy (non-hydrogen) atoms. The van der Waals surface area contributed by atoms with Crippen LogP contribution in [0.15, 0.2) is 66.9 Å².